The van der Waals surface area contributed by atoms with Gasteiger partial charge in [0.1, 0.15) is 0 Å². The van der Waals surface area contributed by atoms with Crippen molar-refractivity contribution >= 4 is 0 Å². The number of rotatable bonds is 5. The number of hydrogen-bond acceptors (Lipinski definition) is 3. The Morgan fingerprint density at radius 3 is 2.55 bits per heavy atom. The third-order valence-corrected chi connectivity index (χ3v) is 4.00. The van der Waals surface area contributed by atoms with Gasteiger partial charge in [-0.15, -0.1) is 0 Å². The highest BCUT2D eigenvalue weighted by Crippen LogP contribution is 2.20. The molecule has 0 saturated carbocycles. The van der Waals surface area contributed by atoms with Crippen LogP contribution in [-0.4, -0.2) is 26.5 Å². The summed E-state index contributed by atoms with van der Waals surface area (Å²) in [5, 5.41) is 0. The molecule has 0 fully saturated rings. The van der Waals surface area contributed by atoms with Gasteiger partial charge in [-0.25, -0.2) is 4.98 Å². The summed E-state index contributed by atoms with van der Waals surface area (Å²) in [5.74, 6) is 0. The second-order valence-corrected chi connectivity index (χ2v) is 5.51. The van der Waals surface area contributed by atoms with Gasteiger partial charge in [0.25, 0.3) is 0 Å². The first-order valence-electron chi connectivity index (χ1n) is 7.41. The van der Waals surface area contributed by atoms with Gasteiger partial charge < -0.3 is 4.57 Å². The number of imidazole rings is 1. The molecule has 0 aliphatic heterocycles. The molecular formula is C18H20N4. The molecule has 0 amide bonds. The van der Waals surface area contributed by atoms with Crippen LogP contribution in [0.1, 0.15) is 24.1 Å². The first-order valence-corrected chi connectivity index (χ1v) is 7.41. The lowest BCUT2D eigenvalue weighted by molar-refractivity contribution is 0.252. The molecule has 22 heavy (non-hydrogen) atoms. The molecule has 3 rings (SSSR count). The van der Waals surface area contributed by atoms with Crippen LogP contribution in [0.4, 0.5) is 0 Å². The van der Waals surface area contributed by atoms with Crippen molar-refractivity contribution in [3.8, 4) is 5.69 Å². The lowest BCUT2D eigenvalue weighted by Crippen LogP contribution is -2.22. The lowest BCUT2D eigenvalue weighted by atomic mass is 10.1. The number of pyridine rings is 1. The quantitative estimate of drug-likeness (QED) is 0.722. The molecule has 1 atom stereocenters. The highest BCUT2D eigenvalue weighted by molar-refractivity contribution is 5.34. The molecule has 0 aliphatic carbocycles. The first kappa shape index (κ1) is 14.5. The number of aromatic nitrogens is 3. The fourth-order valence-electron chi connectivity index (χ4n) is 2.49. The van der Waals surface area contributed by atoms with Crippen molar-refractivity contribution in [1.82, 2.24) is 19.4 Å². The van der Waals surface area contributed by atoms with E-state index in [1.807, 2.05) is 35.6 Å². The van der Waals surface area contributed by atoms with Crippen LogP contribution < -0.4 is 0 Å². The third kappa shape index (κ3) is 3.23. The smallest absolute Gasteiger partial charge is 0.0991 e. The Morgan fingerprint density at radius 2 is 1.91 bits per heavy atom. The van der Waals surface area contributed by atoms with Crippen LogP contribution in [-0.2, 0) is 6.54 Å². The van der Waals surface area contributed by atoms with E-state index in [4.69, 9.17) is 0 Å². The van der Waals surface area contributed by atoms with E-state index in [0.717, 1.165) is 12.2 Å². The number of benzene rings is 1. The molecule has 0 spiro atoms. The molecule has 4 nitrogen and oxygen atoms in total. The van der Waals surface area contributed by atoms with E-state index in [2.05, 4.69) is 59.2 Å². The zero-order valence-electron chi connectivity index (χ0n) is 12.9. The lowest BCUT2D eigenvalue weighted by Gasteiger charge is -2.25. The van der Waals surface area contributed by atoms with Crippen LogP contribution >= 0.6 is 0 Å². The molecule has 0 unspecified atom stereocenters. The standard InChI is InChI=1S/C18H20N4/c1-15(17-4-3-9-19-12-17)21(2)13-16-5-7-18(8-6-16)22-11-10-20-14-22/h3-12,14-15H,13H2,1-2H3/t15-/m0/s1. The Kier molecular flexibility index (Phi) is 4.30. The van der Waals surface area contributed by atoms with Crippen molar-refractivity contribution < 1.29 is 0 Å². The molecule has 0 radical (unpaired) electrons. The average molecular weight is 292 g/mol. The SMILES string of the molecule is C[C@@H](c1cccnc1)N(C)Cc1ccc(-n2ccnc2)cc1. The van der Waals surface area contributed by atoms with Gasteiger partial charge in [0.05, 0.1) is 6.33 Å². The van der Waals surface area contributed by atoms with Crippen LogP contribution in [0, 0.1) is 0 Å². The van der Waals surface area contributed by atoms with Crippen LogP contribution in [0.3, 0.4) is 0 Å². The molecule has 0 saturated heterocycles. The molecule has 4 heteroatoms. The van der Waals surface area contributed by atoms with Crippen molar-refractivity contribution in [3.05, 3.63) is 78.6 Å². The monoisotopic (exact) mass is 292 g/mol. The number of nitrogens with zero attached hydrogens (tertiary/aromatic N) is 4. The molecular weight excluding hydrogens is 272 g/mol. The van der Waals surface area contributed by atoms with E-state index in [1.54, 1.807) is 6.20 Å². The molecule has 2 aromatic heterocycles. The van der Waals surface area contributed by atoms with Crippen molar-refractivity contribution in [2.24, 2.45) is 0 Å². The third-order valence-electron chi connectivity index (χ3n) is 4.00. The van der Waals surface area contributed by atoms with E-state index in [-0.39, 0.29) is 0 Å². The summed E-state index contributed by atoms with van der Waals surface area (Å²) in [6.45, 7) is 3.11. The largest absolute Gasteiger partial charge is 0.306 e. The Labute approximate surface area is 131 Å². The van der Waals surface area contributed by atoms with Crippen LogP contribution in [0.25, 0.3) is 5.69 Å². The summed E-state index contributed by atoms with van der Waals surface area (Å²) >= 11 is 0. The van der Waals surface area contributed by atoms with Crippen LogP contribution in [0.5, 0.6) is 0 Å². The molecule has 2 heterocycles. The molecule has 0 bridgehead atoms. The summed E-state index contributed by atoms with van der Waals surface area (Å²) < 4.78 is 2.01. The Morgan fingerprint density at radius 1 is 1.09 bits per heavy atom. The van der Waals surface area contributed by atoms with Gasteiger partial charge in [-0.05, 0) is 43.3 Å². The predicted octanol–water partition coefficient (Wildman–Crippen LogP) is 3.46. The van der Waals surface area contributed by atoms with Crippen molar-refractivity contribution in [3.63, 3.8) is 0 Å². The maximum absolute atomic E-state index is 4.20. The van der Waals surface area contributed by atoms with Crippen LogP contribution in [0.15, 0.2) is 67.5 Å². The second-order valence-electron chi connectivity index (χ2n) is 5.51. The minimum absolute atomic E-state index is 0.335. The van der Waals surface area contributed by atoms with Gasteiger partial charge in [0.2, 0.25) is 0 Å². The minimum atomic E-state index is 0.335. The van der Waals surface area contributed by atoms with E-state index in [9.17, 15) is 0 Å². The molecule has 3 aromatic rings. The van der Waals surface area contributed by atoms with E-state index in [1.165, 1.54) is 11.1 Å². The maximum Gasteiger partial charge on any atom is 0.0991 e. The molecule has 1 aromatic carbocycles. The highest BCUT2D eigenvalue weighted by atomic mass is 15.1. The fourth-order valence-corrected chi connectivity index (χ4v) is 2.49. The maximum atomic E-state index is 4.20. The summed E-state index contributed by atoms with van der Waals surface area (Å²) in [4.78, 5) is 10.6. The highest BCUT2D eigenvalue weighted by Gasteiger charge is 2.11. The Balaban J connectivity index is 1.68. The minimum Gasteiger partial charge on any atom is -0.306 e. The molecule has 112 valence electrons. The molecule has 0 aliphatic rings. The van der Waals surface area contributed by atoms with Gasteiger partial charge in [-0.1, -0.05) is 18.2 Å². The summed E-state index contributed by atoms with van der Waals surface area (Å²) in [6, 6.07) is 13.0. The number of hydrogen-bond donors (Lipinski definition) is 0. The Hall–Kier alpha value is -2.46. The van der Waals surface area contributed by atoms with Gasteiger partial charge in [-0.3, -0.25) is 9.88 Å². The second kappa shape index (κ2) is 6.54. The van der Waals surface area contributed by atoms with Crippen molar-refractivity contribution in [2.45, 2.75) is 19.5 Å². The summed E-state index contributed by atoms with van der Waals surface area (Å²) in [6.07, 6.45) is 9.29. The fraction of sp³-hybridized carbons (Fsp3) is 0.222. The van der Waals surface area contributed by atoms with E-state index < -0.39 is 0 Å². The molecule has 0 N–H and O–H groups in total. The zero-order valence-corrected chi connectivity index (χ0v) is 12.9. The topological polar surface area (TPSA) is 34.0 Å². The van der Waals surface area contributed by atoms with Gasteiger partial charge in [0.15, 0.2) is 0 Å². The van der Waals surface area contributed by atoms with Gasteiger partial charge in [-0.2, -0.15) is 0 Å². The van der Waals surface area contributed by atoms with Gasteiger partial charge in [0, 0.05) is 43.1 Å². The summed E-state index contributed by atoms with van der Waals surface area (Å²) in [5.41, 5.74) is 3.66. The Bertz CT molecular complexity index is 690. The average Bonchev–Trinajstić information content (AvgIpc) is 3.10. The van der Waals surface area contributed by atoms with E-state index >= 15 is 0 Å². The van der Waals surface area contributed by atoms with E-state index in [0.29, 0.717) is 6.04 Å². The van der Waals surface area contributed by atoms with Crippen LogP contribution in [0.2, 0.25) is 0 Å². The predicted molar refractivity (Wildman–Crippen MR) is 87.7 cm³/mol. The van der Waals surface area contributed by atoms with Crippen molar-refractivity contribution in [2.75, 3.05) is 7.05 Å². The zero-order chi connectivity index (χ0) is 15.4. The summed E-state index contributed by atoms with van der Waals surface area (Å²) in [7, 11) is 2.14. The van der Waals surface area contributed by atoms with Crippen molar-refractivity contribution in [1.29, 1.82) is 0 Å². The first-order chi connectivity index (χ1) is 10.7. The van der Waals surface area contributed by atoms with Gasteiger partial charge >= 0.3 is 0 Å². The normalized spacial score (nSPS) is 12.5.